The van der Waals surface area contributed by atoms with E-state index >= 15 is 0 Å². The highest BCUT2D eigenvalue weighted by Crippen LogP contribution is 2.39. The summed E-state index contributed by atoms with van der Waals surface area (Å²) in [5.74, 6) is 0.747. The Balaban J connectivity index is 1.18. The standard InChI is InChI=1S/C40H40N4O4/c1-29-12-11-19-33(22-29)23-41-40-35-21-20-34(44(35)43-28-42-40)37-39(47-26-32-17-9-4-10-18-32)38(46-25-31-15-7-3-8-16-31)36(48-37)27-45-24-30-13-5-2-6-14-30/h2-22,28,36-39H,23-27H2,1H3,(H,41,42,43)/t36-,37+,38-,39+/m1/s1. The molecule has 1 fully saturated rings. The van der Waals surface area contributed by atoms with Crippen molar-refractivity contribution in [1.82, 2.24) is 14.6 Å². The molecule has 244 valence electrons. The fraction of sp³-hybridized carbons (Fsp3) is 0.250. The number of nitrogens with zero attached hydrogens (tertiary/aromatic N) is 3. The summed E-state index contributed by atoms with van der Waals surface area (Å²) in [6.07, 6.45) is -0.110. The average Bonchev–Trinajstić information content (AvgIpc) is 3.71. The van der Waals surface area contributed by atoms with Crippen molar-refractivity contribution in [2.24, 2.45) is 0 Å². The van der Waals surface area contributed by atoms with Gasteiger partial charge in [-0.1, -0.05) is 121 Å². The third-order valence-electron chi connectivity index (χ3n) is 8.59. The van der Waals surface area contributed by atoms with Gasteiger partial charge in [0.25, 0.3) is 0 Å². The number of aromatic nitrogens is 3. The fourth-order valence-electron chi connectivity index (χ4n) is 6.20. The SMILES string of the molecule is Cc1cccc(CNc2ncnn3c([C@@H]4O[C@H](COCc5ccccc5)[C@@H](OCc5ccccc5)[C@H]4OCc4ccccc4)ccc23)c1. The van der Waals surface area contributed by atoms with Crippen molar-refractivity contribution in [2.75, 3.05) is 11.9 Å². The van der Waals surface area contributed by atoms with Gasteiger partial charge in [-0.05, 0) is 41.3 Å². The molecule has 7 rings (SSSR count). The van der Waals surface area contributed by atoms with E-state index in [1.165, 1.54) is 11.1 Å². The zero-order chi connectivity index (χ0) is 32.5. The Labute approximate surface area is 281 Å². The van der Waals surface area contributed by atoms with E-state index in [9.17, 15) is 0 Å². The molecule has 0 amide bonds. The Morgan fingerprint density at radius 1 is 0.688 bits per heavy atom. The molecular weight excluding hydrogens is 600 g/mol. The Hall–Kier alpha value is -4.86. The number of anilines is 1. The van der Waals surface area contributed by atoms with Crippen LogP contribution in [0.25, 0.3) is 5.52 Å². The van der Waals surface area contributed by atoms with Crippen LogP contribution in [0.5, 0.6) is 0 Å². The maximum absolute atomic E-state index is 6.86. The van der Waals surface area contributed by atoms with Crippen LogP contribution in [0.4, 0.5) is 5.82 Å². The van der Waals surface area contributed by atoms with Crippen LogP contribution in [0.15, 0.2) is 134 Å². The molecule has 2 aromatic heterocycles. The number of hydrogen-bond acceptors (Lipinski definition) is 7. The zero-order valence-electron chi connectivity index (χ0n) is 27.0. The summed E-state index contributed by atoms with van der Waals surface area (Å²) in [5.41, 5.74) is 7.38. The van der Waals surface area contributed by atoms with Gasteiger partial charge < -0.3 is 24.3 Å². The normalized spacial score (nSPS) is 19.1. The summed E-state index contributed by atoms with van der Waals surface area (Å²) < 4.78 is 28.4. The first-order valence-electron chi connectivity index (χ1n) is 16.4. The van der Waals surface area contributed by atoms with E-state index in [0.29, 0.717) is 33.0 Å². The van der Waals surface area contributed by atoms with Crippen molar-refractivity contribution in [1.29, 1.82) is 0 Å². The van der Waals surface area contributed by atoms with Crippen LogP contribution in [0.3, 0.4) is 0 Å². The molecule has 1 saturated heterocycles. The first-order valence-corrected chi connectivity index (χ1v) is 16.4. The first kappa shape index (κ1) is 31.7. The number of nitrogens with one attached hydrogen (secondary N) is 1. The lowest BCUT2D eigenvalue weighted by molar-refractivity contribution is -0.0898. The molecule has 0 saturated carbocycles. The van der Waals surface area contributed by atoms with Crippen molar-refractivity contribution in [3.63, 3.8) is 0 Å². The Morgan fingerprint density at radius 2 is 1.31 bits per heavy atom. The van der Waals surface area contributed by atoms with Crippen LogP contribution >= 0.6 is 0 Å². The predicted molar refractivity (Wildman–Crippen MR) is 185 cm³/mol. The van der Waals surface area contributed by atoms with Crippen LogP contribution in [0, 0.1) is 6.92 Å². The molecule has 0 unspecified atom stereocenters. The number of rotatable bonds is 14. The molecule has 1 N–H and O–H groups in total. The minimum atomic E-state index is -0.471. The van der Waals surface area contributed by atoms with Gasteiger partial charge in [-0.25, -0.2) is 9.50 Å². The van der Waals surface area contributed by atoms with Crippen molar-refractivity contribution < 1.29 is 18.9 Å². The molecule has 3 heterocycles. The van der Waals surface area contributed by atoms with Gasteiger partial charge in [-0.2, -0.15) is 5.10 Å². The Kier molecular flexibility index (Phi) is 10.2. The van der Waals surface area contributed by atoms with Crippen molar-refractivity contribution >= 4 is 11.3 Å². The topological polar surface area (TPSA) is 79.1 Å². The molecule has 4 atom stereocenters. The molecule has 4 aromatic carbocycles. The molecule has 0 bridgehead atoms. The van der Waals surface area contributed by atoms with Gasteiger partial charge in [0.2, 0.25) is 0 Å². The number of aryl methyl sites for hydroxylation is 1. The minimum absolute atomic E-state index is 0.345. The maximum atomic E-state index is 6.86. The molecule has 0 spiro atoms. The van der Waals surface area contributed by atoms with Gasteiger partial charge in [0.05, 0.1) is 32.1 Å². The largest absolute Gasteiger partial charge is 0.374 e. The van der Waals surface area contributed by atoms with Gasteiger partial charge in [0.15, 0.2) is 5.82 Å². The molecule has 6 aromatic rings. The van der Waals surface area contributed by atoms with Crippen molar-refractivity contribution in [2.45, 2.75) is 57.7 Å². The maximum Gasteiger partial charge on any atom is 0.154 e. The van der Waals surface area contributed by atoms with E-state index in [1.54, 1.807) is 6.33 Å². The second-order valence-electron chi connectivity index (χ2n) is 12.1. The summed E-state index contributed by atoms with van der Waals surface area (Å²) in [7, 11) is 0. The van der Waals surface area contributed by atoms with Crippen molar-refractivity contribution in [3.05, 3.63) is 167 Å². The monoisotopic (exact) mass is 640 g/mol. The fourth-order valence-corrected chi connectivity index (χ4v) is 6.20. The Morgan fingerprint density at radius 3 is 1.98 bits per heavy atom. The lowest BCUT2D eigenvalue weighted by Crippen LogP contribution is -2.38. The summed E-state index contributed by atoms with van der Waals surface area (Å²) >= 11 is 0. The van der Waals surface area contributed by atoms with E-state index in [1.807, 2.05) is 71.2 Å². The van der Waals surface area contributed by atoms with Crippen LogP contribution in [-0.2, 0) is 45.3 Å². The van der Waals surface area contributed by atoms with Crippen molar-refractivity contribution in [3.8, 4) is 0 Å². The number of hydrogen-bond donors (Lipinski definition) is 1. The second-order valence-corrected chi connectivity index (χ2v) is 12.1. The van der Waals surface area contributed by atoms with Gasteiger partial charge in [-0.3, -0.25) is 0 Å². The van der Waals surface area contributed by atoms with E-state index in [0.717, 1.165) is 33.7 Å². The highest BCUT2D eigenvalue weighted by atomic mass is 16.6. The number of benzene rings is 4. The lowest BCUT2D eigenvalue weighted by Gasteiger charge is -2.25. The average molecular weight is 641 g/mol. The zero-order valence-corrected chi connectivity index (χ0v) is 27.0. The molecular formula is C40H40N4O4. The second kappa shape index (κ2) is 15.4. The van der Waals surface area contributed by atoms with Gasteiger partial charge in [0.1, 0.15) is 36.3 Å². The summed E-state index contributed by atoms with van der Waals surface area (Å²) in [5, 5.41) is 8.18. The third-order valence-corrected chi connectivity index (χ3v) is 8.59. The van der Waals surface area contributed by atoms with Crippen LogP contribution < -0.4 is 5.32 Å². The summed E-state index contributed by atoms with van der Waals surface area (Å²) in [6, 6.07) is 43.1. The summed E-state index contributed by atoms with van der Waals surface area (Å²) in [6.45, 7) is 4.40. The molecule has 8 nitrogen and oxygen atoms in total. The van der Waals surface area contributed by atoms with E-state index in [2.05, 4.69) is 83.0 Å². The van der Waals surface area contributed by atoms with E-state index in [4.69, 9.17) is 18.9 Å². The highest BCUT2D eigenvalue weighted by molar-refractivity contribution is 5.68. The third kappa shape index (κ3) is 7.64. The minimum Gasteiger partial charge on any atom is -0.374 e. The van der Waals surface area contributed by atoms with Gasteiger partial charge >= 0.3 is 0 Å². The van der Waals surface area contributed by atoms with E-state index in [-0.39, 0.29) is 6.10 Å². The molecule has 0 radical (unpaired) electrons. The predicted octanol–water partition coefficient (Wildman–Crippen LogP) is 7.48. The molecule has 8 heteroatoms. The number of ether oxygens (including phenoxy) is 4. The highest BCUT2D eigenvalue weighted by Gasteiger charge is 2.48. The van der Waals surface area contributed by atoms with Gasteiger partial charge in [0, 0.05) is 6.54 Å². The van der Waals surface area contributed by atoms with Crippen LogP contribution in [0.2, 0.25) is 0 Å². The first-order chi connectivity index (χ1) is 23.7. The molecule has 48 heavy (non-hydrogen) atoms. The van der Waals surface area contributed by atoms with Gasteiger partial charge in [-0.15, -0.1) is 0 Å². The number of fused-ring (bicyclic) bond motifs is 1. The summed E-state index contributed by atoms with van der Waals surface area (Å²) in [4.78, 5) is 4.58. The van der Waals surface area contributed by atoms with Crippen LogP contribution in [0.1, 0.15) is 39.6 Å². The smallest absolute Gasteiger partial charge is 0.154 e. The molecule has 1 aliphatic heterocycles. The van der Waals surface area contributed by atoms with Crippen LogP contribution in [-0.4, -0.2) is 39.5 Å². The Bertz CT molecular complexity index is 1880. The molecule has 0 aliphatic carbocycles. The van der Waals surface area contributed by atoms with E-state index < -0.39 is 18.3 Å². The quantitative estimate of drug-likeness (QED) is 0.132. The lowest BCUT2D eigenvalue weighted by atomic mass is 10.0. The molecule has 1 aliphatic rings.